The highest BCUT2D eigenvalue weighted by atomic mass is 16.5. The molecule has 1 heterocycles. The van der Waals surface area contributed by atoms with E-state index in [1.807, 2.05) is 18.2 Å². The fraction of sp³-hybridized carbons (Fsp3) is 0.571. The first-order valence-corrected chi connectivity index (χ1v) is 6.12. The van der Waals surface area contributed by atoms with Crippen molar-refractivity contribution in [3.8, 4) is 0 Å². The van der Waals surface area contributed by atoms with Gasteiger partial charge in [0.05, 0.1) is 24.9 Å². The maximum Gasteiger partial charge on any atom is 0.0840 e. The minimum atomic E-state index is -0.0932. The van der Waals surface area contributed by atoms with Gasteiger partial charge in [-0.2, -0.15) is 0 Å². The number of ether oxygens (including phenoxy) is 2. The SMILES string of the molecule is CC1(CCOCc2ccccc2)CC(CO)O1. The number of aliphatic hydroxyl groups is 1. The Labute approximate surface area is 102 Å². The van der Waals surface area contributed by atoms with E-state index in [4.69, 9.17) is 14.6 Å². The first kappa shape index (κ1) is 12.6. The molecule has 1 aromatic rings. The maximum absolute atomic E-state index is 8.88. The molecule has 1 N–H and O–H groups in total. The third-order valence-electron chi connectivity index (χ3n) is 3.20. The molecule has 1 saturated heterocycles. The molecular formula is C14H20O3. The molecule has 1 aliphatic heterocycles. The summed E-state index contributed by atoms with van der Waals surface area (Å²) in [6, 6.07) is 10.1. The summed E-state index contributed by atoms with van der Waals surface area (Å²) in [5.41, 5.74) is 1.10. The Kier molecular flexibility index (Phi) is 4.15. The zero-order valence-electron chi connectivity index (χ0n) is 10.3. The molecule has 0 saturated carbocycles. The standard InChI is InChI=1S/C14H20O3/c1-14(9-13(10-15)17-14)7-8-16-11-12-5-3-2-4-6-12/h2-6,13,15H,7-11H2,1H3. The summed E-state index contributed by atoms with van der Waals surface area (Å²) in [5.74, 6) is 0. The van der Waals surface area contributed by atoms with E-state index in [2.05, 4.69) is 19.1 Å². The van der Waals surface area contributed by atoms with Crippen LogP contribution in [0.1, 0.15) is 25.3 Å². The molecular weight excluding hydrogens is 216 g/mol. The highest BCUT2D eigenvalue weighted by Crippen LogP contribution is 2.34. The summed E-state index contributed by atoms with van der Waals surface area (Å²) >= 11 is 0. The van der Waals surface area contributed by atoms with Crippen LogP contribution >= 0.6 is 0 Å². The van der Waals surface area contributed by atoms with Crippen molar-refractivity contribution >= 4 is 0 Å². The van der Waals surface area contributed by atoms with Crippen LogP contribution in [0.2, 0.25) is 0 Å². The summed E-state index contributed by atoms with van der Waals surface area (Å²) in [4.78, 5) is 0. The van der Waals surface area contributed by atoms with Gasteiger partial charge >= 0.3 is 0 Å². The van der Waals surface area contributed by atoms with Gasteiger partial charge in [0.15, 0.2) is 0 Å². The van der Waals surface area contributed by atoms with Crippen LogP contribution in [0, 0.1) is 0 Å². The Hall–Kier alpha value is -0.900. The fourth-order valence-corrected chi connectivity index (χ4v) is 2.19. The van der Waals surface area contributed by atoms with E-state index in [9.17, 15) is 0 Å². The third-order valence-corrected chi connectivity index (χ3v) is 3.20. The summed E-state index contributed by atoms with van der Waals surface area (Å²) in [6.45, 7) is 3.55. The second kappa shape index (κ2) is 5.63. The molecule has 17 heavy (non-hydrogen) atoms. The van der Waals surface area contributed by atoms with Crippen molar-refractivity contribution in [1.82, 2.24) is 0 Å². The van der Waals surface area contributed by atoms with E-state index in [0.717, 1.165) is 12.8 Å². The van der Waals surface area contributed by atoms with E-state index in [-0.39, 0.29) is 18.3 Å². The highest BCUT2D eigenvalue weighted by molar-refractivity contribution is 5.13. The van der Waals surface area contributed by atoms with Crippen molar-refractivity contribution in [3.05, 3.63) is 35.9 Å². The summed E-state index contributed by atoms with van der Waals surface area (Å²) < 4.78 is 11.2. The molecule has 2 unspecified atom stereocenters. The Morgan fingerprint density at radius 2 is 2.12 bits per heavy atom. The van der Waals surface area contributed by atoms with E-state index in [1.54, 1.807) is 0 Å². The van der Waals surface area contributed by atoms with Gasteiger partial charge in [0.25, 0.3) is 0 Å². The van der Waals surface area contributed by atoms with E-state index in [1.165, 1.54) is 5.56 Å². The first-order valence-electron chi connectivity index (χ1n) is 6.12. The number of rotatable bonds is 6. The second-order valence-electron chi connectivity index (χ2n) is 4.86. The van der Waals surface area contributed by atoms with Crippen LogP contribution in [0.15, 0.2) is 30.3 Å². The molecule has 0 aromatic heterocycles. The van der Waals surface area contributed by atoms with Crippen molar-refractivity contribution in [1.29, 1.82) is 0 Å². The lowest BCUT2D eigenvalue weighted by Gasteiger charge is -2.45. The zero-order valence-corrected chi connectivity index (χ0v) is 10.3. The summed E-state index contributed by atoms with van der Waals surface area (Å²) in [7, 11) is 0. The van der Waals surface area contributed by atoms with Crippen molar-refractivity contribution in [2.75, 3.05) is 13.2 Å². The number of benzene rings is 1. The Morgan fingerprint density at radius 3 is 2.76 bits per heavy atom. The average molecular weight is 236 g/mol. The van der Waals surface area contributed by atoms with Crippen LogP contribution in [0.3, 0.4) is 0 Å². The van der Waals surface area contributed by atoms with Crippen LogP contribution < -0.4 is 0 Å². The van der Waals surface area contributed by atoms with E-state index in [0.29, 0.717) is 13.2 Å². The fourth-order valence-electron chi connectivity index (χ4n) is 2.19. The maximum atomic E-state index is 8.88. The molecule has 3 nitrogen and oxygen atoms in total. The lowest BCUT2D eigenvalue weighted by atomic mass is 9.88. The molecule has 3 heteroatoms. The minimum absolute atomic E-state index is 0.0362. The minimum Gasteiger partial charge on any atom is -0.394 e. The lowest BCUT2D eigenvalue weighted by Crippen LogP contribution is -2.50. The Balaban J connectivity index is 1.61. The normalized spacial score (nSPS) is 27.8. The molecule has 0 spiro atoms. The van der Waals surface area contributed by atoms with Crippen molar-refractivity contribution in [3.63, 3.8) is 0 Å². The summed E-state index contributed by atoms with van der Waals surface area (Å²) in [5, 5.41) is 8.88. The molecule has 1 aromatic carbocycles. The van der Waals surface area contributed by atoms with Gasteiger partial charge in [-0.15, -0.1) is 0 Å². The van der Waals surface area contributed by atoms with Gasteiger partial charge in [-0.1, -0.05) is 30.3 Å². The third kappa shape index (κ3) is 3.53. The van der Waals surface area contributed by atoms with E-state index < -0.39 is 0 Å². The first-order chi connectivity index (χ1) is 8.22. The molecule has 94 valence electrons. The monoisotopic (exact) mass is 236 g/mol. The van der Waals surface area contributed by atoms with Crippen LogP contribution in [0.5, 0.6) is 0 Å². The Morgan fingerprint density at radius 1 is 1.41 bits per heavy atom. The molecule has 1 fully saturated rings. The topological polar surface area (TPSA) is 38.7 Å². The molecule has 0 aliphatic carbocycles. The highest BCUT2D eigenvalue weighted by Gasteiger charge is 2.40. The predicted molar refractivity (Wildman–Crippen MR) is 65.7 cm³/mol. The number of aliphatic hydroxyl groups excluding tert-OH is 1. The van der Waals surface area contributed by atoms with Gasteiger partial charge < -0.3 is 14.6 Å². The zero-order chi connectivity index (χ0) is 12.1. The van der Waals surface area contributed by atoms with Crippen LogP contribution in [-0.4, -0.2) is 30.0 Å². The second-order valence-corrected chi connectivity index (χ2v) is 4.86. The van der Waals surface area contributed by atoms with Gasteiger partial charge in [-0.25, -0.2) is 0 Å². The van der Waals surface area contributed by atoms with Gasteiger partial charge in [-0.05, 0) is 18.9 Å². The van der Waals surface area contributed by atoms with E-state index >= 15 is 0 Å². The number of hydrogen-bond donors (Lipinski definition) is 1. The molecule has 2 rings (SSSR count). The smallest absolute Gasteiger partial charge is 0.0840 e. The average Bonchev–Trinajstić information content (AvgIpc) is 2.32. The lowest BCUT2D eigenvalue weighted by molar-refractivity contribution is -0.215. The molecule has 1 aliphatic rings. The molecule has 0 radical (unpaired) electrons. The van der Waals surface area contributed by atoms with Crippen molar-refractivity contribution in [2.24, 2.45) is 0 Å². The molecule has 0 bridgehead atoms. The van der Waals surface area contributed by atoms with Crippen molar-refractivity contribution < 1.29 is 14.6 Å². The quantitative estimate of drug-likeness (QED) is 0.769. The van der Waals surface area contributed by atoms with Crippen LogP contribution in [0.4, 0.5) is 0 Å². The Bertz CT molecular complexity index is 331. The van der Waals surface area contributed by atoms with Crippen LogP contribution in [-0.2, 0) is 16.1 Å². The van der Waals surface area contributed by atoms with Gasteiger partial charge in [0, 0.05) is 13.0 Å². The van der Waals surface area contributed by atoms with Crippen LogP contribution in [0.25, 0.3) is 0 Å². The largest absolute Gasteiger partial charge is 0.394 e. The molecule has 0 amide bonds. The molecule has 2 atom stereocenters. The van der Waals surface area contributed by atoms with Crippen molar-refractivity contribution in [2.45, 2.75) is 38.1 Å². The summed E-state index contributed by atoms with van der Waals surface area (Å²) in [6.07, 6.45) is 1.85. The number of hydrogen-bond acceptors (Lipinski definition) is 3. The predicted octanol–water partition coefficient (Wildman–Crippen LogP) is 2.13. The van der Waals surface area contributed by atoms with Gasteiger partial charge in [-0.3, -0.25) is 0 Å². The van der Waals surface area contributed by atoms with Gasteiger partial charge in [0.2, 0.25) is 0 Å². The van der Waals surface area contributed by atoms with Gasteiger partial charge in [0.1, 0.15) is 0 Å².